The summed E-state index contributed by atoms with van der Waals surface area (Å²) < 4.78 is 0. The van der Waals surface area contributed by atoms with Crippen LogP contribution < -0.4 is 0 Å². The second kappa shape index (κ2) is 3.81. The highest BCUT2D eigenvalue weighted by atomic mass is 16.1. The average Bonchev–Trinajstić information content (AvgIpc) is 2.10. The Bertz CT molecular complexity index is 268. The van der Waals surface area contributed by atoms with E-state index in [9.17, 15) is 4.79 Å². The highest BCUT2D eigenvalue weighted by Gasteiger charge is 2.04. The van der Waals surface area contributed by atoms with E-state index in [1.54, 1.807) is 0 Å². The summed E-state index contributed by atoms with van der Waals surface area (Å²) in [4.78, 5) is 10.5. The number of benzene rings is 1. The van der Waals surface area contributed by atoms with E-state index in [2.05, 4.69) is 0 Å². The average molecular weight is 161 g/mol. The highest BCUT2D eigenvalue weighted by Crippen LogP contribution is 2.11. The molecule has 0 fully saturated rings. The molecule has 0 radical (unpaired) electrons. The summed E-state index contributed by atoms with van der Waals surface area (Å²) in [6.45, 7) is 1.99. The van der Waals surface area contributed by atoms with Gasteiger partial charge in [0.05, 0.1) is 5.92 Å². The predicted molar refractivity (Wildman–Crippen MR) is 48.8 cm³/mol. The summed E-state index contributed by atoms with van der Waals surface area (Å²) in [5.41, 5.74) is 2.04. The molecule has 12 heavy (non-hydrogen) atoms. The summed E-state index contributed by atoms with van der Waals surface area (Å²) in [5.74, 6) is -0.384. The van der Waals surface area contributed by atoms with Gasteiger partial charge in [-0.15, -0.1) is 0 Å². The molecule has 1 unspecified atom stereocenters. The van der Waals surface area contributed by atoms with Gasteiger partial charge in [-0.3, -0.25) is 0 Å². The van der Waals surface area contributed by atoms with E-state index in [1.807, 2.05) is 31.2 Å². The highest BCUT2D eigenvalue weighted by molar-refractivity contribution is 5.86. The Morgan fingerprint density at radius 3 is 2.33 bits per heavy atom. The molecule has 0 bridgehead atoms. The second-order valence-electron chi connectivity index (χ2n) is 2.74. The summed E-state index contributed by atoms with van der Waals surface area (Å²) in [7, 11) is 0. The van der Waals surface area contributed by atoms with E-state index in [0.717, 1.165) is 23.6 Å². The van der Waals surface area contributed by atoms with Crippen molar-refractivity contribution >= 4 is 12.5 Å². The largest absolute Gasteiger partial charge is 0.312 e. The van der Waals surface area contributed by atoms with Gasteiger partial charge in [0.2, 0.25) is 0 Å². The monoisotopic (exact) mass is 161 g/mol. The predicted octanol–water partition coefficient (Wildman–Crippen LogP) is 1.93. The molecule has 0 saturated carbocycles. The van der Waals surface area contributed by atoms with Crippen molar-refractivity contribution in [2.24, 2.45) is 0 Å². The maximum Gasteiger partial charge on any atom is 0.132 e. The smallest absolute Gasteiger partial charge is 0.132 e. The first-order valence-corrected chi connectivity index (χ1v) is 3.80. The fourth-order valence-corrected chi connectivity index (χ4v) is 1.00. The standard InChI is InChI=1S/C10H11NO/c1-8-2-4-9(5-3-8)10(6-11)7-12/h2-7,10-11H,1H3. The van der Waals surface area contributed by atoms with Gasteiger partial charge in [-0.2, -0.15) is 0 Å². The van der Waals surface area contributed by atoms with Crippen molar-refractivity contribution in [3.05, 3.63) is 35.4 Å². The lowest BCUT2D eigenvalue weighted by Crippen LogP contribution is -2.00. The Hall–Kier alpha value is -1.44. The number of carbonyl (C=O) groups is 1. The normalized spacial score (nSPS) is 12.1. The molecule has 1 aromatic rings. The van der Waals surface area contributed by atoms with Gasteiger partial charge >= 0.3 is 0 Å². The lowest BCUT2D eigenvalue weighted by molar-refractivity contribution is -0.107. The third kappa shape index (κ3) is 1.78. The quantitative estimate of drug-likeness (QED) is 0.534. The van der Waals surface area contributed by atoms with Crippen LogP contribution in [0.4, 0.5) is 0 Å². The van der Waals surface area contributed by atoms with Crippen LogP contribution in [0, 0.1) is 12.3 Å². The molecule has 1 atom stereocenters. The molecular weight excluding hydrogens is 150 g/mol. The van der Waals surface area contributed by atoms with Gasteiger partial charge in [-0.1, -0.05) is 29.8 Å². The topological polar surface area (TPSA) is 40.9 Å². The number of rotatable bonds is 3. The van der Waals surface area contributed by atoms with Crippen LogP contribution in [-0.4, -0.2) is 12.5 Å². The summed E-state index contributed by atoms with van der Waals surface area (Å²) in [6.07, 6.45) is 1.93. The van der Waals surface area contributed by atoms with Gasteiger partial charge in [0.15, 0.2) is 0 Å². The van der Waals surface area contributed by atoms with Gasteiger partial charge in [-0.05, 0) is 12.5 Å². The van der Waals surface area contributed by atoms with Gasteiger partial charge in [0.25, 0.3) is 0 Å². The number of hydrogen-bond acceptors (Lipinski definition) is 2. The van der Waals surface area contributed by atoms with E-state index in [1.165, 1.54) is 0 Å². The minimum Gasteiger partial charge on any atom is -0.312 e. The Morgan fingerprint density at radius 1 is 1.33 bits per heavy atom. The van der Waals surface area contributed by atoms with Gasteiger partial charge < -0.3 is 10.2 Å². The van der Waals surface area contributed by atoms with E-state index < -0.39 is 0 Å². The molecule has 0 aromatic heterocycles. The Labute approximate surface area is 71.7 Å². The fraction of sp³-hybridized carbons (Fsp3) is 0.200. The minimum atomic E-state index is -0.384. The Balaban J connectivity index is 2.94. The van der Waals surface area contributed by atoms with Crippen LogP contribution in [0.5, 0.6) is 0 Å². The summed E-state index contributed by atoms with van der Waals surface area (Å²) in [6, 6.07) is 7.63. The van der Waals surface area contributed by atoms with Crippen LogP contribution in [-0.2, 0) is 4.79 Å². The van der Waals surface area contributed by atoms with Gasteiger partial charge in [0.1, 0.15) is 6.29 Å². The zero-order valence-electron chi connectivity index (χ0n) is 6.95. The van der Waals surface area contributed by atoms with Crippen LogP contribution in [0.15, 0.2) is 24.3 Å². The third-order valence-electron chi connectivity index (χ3n) is 1.79. The van der Waals surface area contributed by atoms with Crippen molar-refractivity contribution < 1.29 is 4.79 Å². The van der Waals surface area contributed by atoms with Crippen molar-refractivity contribution in [1.82, 2.24) is 0 Å². The lowest BCUT2D eigenvalue weighted by atomic mass is 10.0. The first-order chi connectivity index (χ1) is 5.77. The molecule has 0 aliphatic rings. The molecule has 1 aromatic carbocycles. The molecule has 1 rings (SSSR count). The van der Waals surface area contributed by atoms with Crippen LogP contribution in [0.1, 0.15) is 17.0 Å². The van der Waals surface area contributed by atoms with Crippen LogP contribution in [0.25, 0.3) is 0 Å². The maximum absolute atomic E-state index is 10.5. The molecule has 2 nitrogen and oxygen atoms in total. The zero-order chi connectivity index (χ0) is 8.97. The zero-order valence-corrected chi connectivity index (χ0v) is 6.95. The third-order valence-corrected chi connectivity index (χ3v) is 1.79. The van der Waals surface area contributed by atoms with Gasteiger partial charge in [-0.25, -0.2) is 0 Å². The van der Waals surface area contributed by atoms with Crippen molar-refractivity contribution in [2.75, 3.05) is 0 Å². The molecule has 0 heterocycles. The number of aldehydes is 1. The van der Waals surface area contributed by atoms with Crippen molar-refractivity contribution in [3.8, 4) is 0 Å². The number of aryl methyl sites for hydroxylation is 1. The number of carbonyl (C=O) groups excluding carboxylic acids is 1. The van der Waals surface area contributed by atoms with Crippen molar-refractivity contribution in [1.29, 1.82) is 5.41 Å². The molecule has 0 saturated heterocycles. The lowest BCUT2D eigenvalue weighted by Gasteiger charge is -2.03. The van der Waals surface area contributed by atoms with E-state index >= 15 is 0 Å². The molecule has 1 N–H and O–H groups in total. The van der Waals surface area contributed by atoms with E-state index in [4.69, 9.17) is 5.41 Å². The fourth-order valence-electron chi connectivity index (χ4n) is 1.00. The van der Waals surface area contributed by atoms with Crippen molar-refractivity contribution in [3.63, 3.8) is 0 Å². The van der Waals surface area contributed by atoms with Crippen molar-refractivity contribution in [2.45, 2.75) is 12.8 Å². The molecule has 62 valence electrons. The minimum absolute atomic E-state index is 0.384. The molecule has 0 aliphatic heterocycles. The van der Waals surface area contributed by atoms with Gasteiger partial charge in [0, 0.05) is 6.21 Å². The first-order valence-electron chi connectivity index (χ1n) is 3.80. The molecule has 0 amide bonds. The second-order valence-corrected chi connectivity index (χ2v) is 2.74. The molecule has 0 spiro atoms. The Kier molecular flexibility index (Phi) is 2.75. The van der Waals surface area contributed by atoms with E-state index in [-0.39, 0.29) is 5.92 Å². The summed E-state index contributed by atoms with van der Waals surface area (Å²) in [5, 5.41) is 6.99. The molecular formula is C10H11NO. The summed E-state index contributed by atoms with van der Waals surface area (Å²) >= 11 is 0. The molecule has 2 heteroatoms. The number of hydrogen-bond donors (Lipinski definition) is 1. The van der Waals surface area contributed by atoms with Crippen LogP contribution >= 0.6 is 0 Å². The maximum atomic E-state index is 10.5. The van der Waals surface area contributed by atoms with Crippen LogP contribution in [0.2, 0.25) is 0 Å². The number of nitrogens with one attached hydrogen (secondary N) is 1. The SMILES string of the molecule is Cc1ccc(C(C=N)C=O)cc1. The Morgan fingerprint density at radius 2 is 1.92 bits per heavy atom. The van der Waals surface area contributed by atoms with Crippen LogP contribution in [0.3, 0.4) is 0 Å². The molecule has 0 aliphatic carbocycles. The van der Waals surface area contributed by atoms with E-state index in [0.29, 0.717) is 0 Å². The first kappa shape index (κ1) is 8.65.